The summed E-state index contributed by atoms with van der Waals surface area (Å²) in [5.74, 6) is 2.10. The third-order valence-electron chi connectivity index (χ3n) is 3.95. The predicted octanol–water partition coefficient (Wildman–Crippen LogP) is 4.81. The molecule has 0 saturated carbocycles. The average molecular weight is 377 g/mol. The Labute approximate surface area is 164 Å². The van der Waals surface area contributed by atoms with Crippen LogP contribution in [0.5, 0.6) is 17.2 Å². The second-order valence-electron chi connectivity index (χ2n) is 6.29. The fourth-order valence-electron chi connectivity index (χ4n) is 2.53. The number of carbonyl (C=O) groups excluding carboxylic acids is 1. The summed E-state index contributed by atoms with van der Waals surface area (Å²) >= 11 is 0. The van der Waals surface area contributed by atoms with E-state index in [2.05, 4.69) is 17.2 Å². The van der Waals surface area contributed by atoms with Crippen LogP contribution in [0.4, 0.5) is 11.5 Å². The number of aryl methyl sites for hydroxylation is 1. The Balaban J connectivity index is 1.61. The minimum Gasteiger partial charge on any atom is -0.494 e. The third kappa shape index (κ3) is 5.01. The number of nitrogens with zero attached hydrogens (tertiary/aromatic N) is 1. The van der Waals surface area contributed by atoms with Gasteiger partial charge in [-0.25, -0.2) is 4.98 Å². The number of carbonyl (C=O) groups is 1. The van der Waals surface area contributed by atoms with E-state index in [9.17, 15) is 4.79 Å². The number of nitrogens with one attached hydrogen (secondary N) is 1. The SMILES string of the molecule is CCCOc1ccc(Oc2ccc(NC(=O)c3ccc(C)nc3N)cc2)cc1. The van der Waals surface area contributed by atoms with Gasteiger partial charge >= 0.3 is 0 Å². The topological polar surface area (TPSA) is 86.5 Å². The Kier molecular flexibility index (Phi) is 6.11. The van der Waals surface area contributed by atoms with Crippen LogP contribution in [0.15, 0.2) is 60.7 Å². The molecule has 0 radical (unpaired) electrons. The van der Waals surface area contributed by atoms with E-state index in [1.807, 2.05) is 31.2 Å². The number of nitrogens with two attached hydrogens (primary N) is 1. The van der Waals surface area contributed by atoms with E-state index in [4.69, 9.17) is 15.2 Å². The van der Waals surface area contributed by atoms with Crippen molar-refractivity contribution in [3.63, 3.8) is 0 Å². The number of nitrogen functional groups attached to an aromatic ring is 1. The van der Waals surface area contributed by atoms with Gasteiger partial charge in [0.05, 0.1) is 12.2 Å². The monoisotopic (exact) mass is 377 g/mol. The number of hydrogen-bond donors (Lipinski definition) is 2. The van der Waals surface area contributed by atoms with Crippen LogP contribution >= 0.6 is 0 Å². The van der Waals surface area contributed by atoms with Crippen molar-refractivity contribution >= 4 is 17.4 Å². The molecule has 0 aliphatic carbocycles. The maximum atomic E-state index is 12.4. The van der Waals surface area contributed by atoms with Gasteiger partial charge < -0.3 is 20.5 Å². The predicted molar refractivity (Wildman–Crippen MR) is 110 cm³/mol. The number of pyridine rings is 1. The molecule has 6 heteroatoms. The van der Waals surface area contributed by atoms with Crippen LogP contribution in [0, 0.1) is 6.92 Å². The Hall–Kier alpha value is -3.54. The fraction of sp³-hybridized carbons (Fsp3) is 0.182. The smallest absolute Gasteiger partial charge is 0.259 e. The molecule has 28 heavy (non-hydrogen) atoms. The molecule has 2 aromatic carbocycles. The second-order valence-corrected chi connectivity index (χ2v) is 6.29. The molecular weight excluding hydrogens is 354 g/mol. The minimum atomic E-state index is -0.304. The summed E-state index contributed by atoms with van der Waals surface area (Å²) in [6, 6.07) is 18.0. The van der Waals surface area contributed by atoms with E-state index >= 15 is 0 Å². The highest BCUT2D eigenvalue weighted by atomic mass is 16.5. The van der Waals surface area contributed by atoms with E-state index in [1.54, 1.807) is 36.4 Å². The molecule has 6 nitrogen and oxygen atoms in total. The highest BCUT2D eigenvalue weighted by Gasteiger charge is 2.11. The molecule has 0 aliphatic heterocycles. The highest BCUT2D eigenvalue weighted by Crippen LogP contribution is 2.25. The number of anilines is 2. The molecule has 0 atom stereocenters. The maximum Gasteiger partial charge on any atom is 0.259 e. The molecule has 0 unspecified atom stereocenters. The molecule has 1 aromatic heterocycles. The zero-order chi connectivity index (χ0) is 19.9. The van der Waals surface area contributed by atoms with Crippen LogP contribution < -0.4 is 20.5 Å². The van der Waals surface area contributed by atoms with E-state index in [-0.39, 0.29) is 11.7 Å². The summed E-state index contributed by atoms with van der Waals surface area (Å²) in [6.07, 6.45) is 0.966. The summed E-state index contributed by atoms with van der Waals surface area (Å²) in [5, 5.41) is 2.81. The lowest BCUT2D eigenvalue weighted by Gasteiger charge is -2.10. The lowest BCUT2D eigenvalue weighted by molar-refractivity contribution is 0.102. The number of rotatable bonds is 7. The molecule has 0 aliphatic rings. The minimum absolute atomic E-state index is 0.212. The van der Waals surface area contributed by atoms with Crippen molar-refractivity contribution in [2.24, 2.45) is 0 Å². The Bertz CT molecular complexity index is 938. The van der Waals surface area contributed by atoms with Gasteiger partial charge in [-0.1, -0.05) is 6.92 Å². The zero-order valence-electron chi connectivity index (χ0n) is 15.9. The zero-order valence-corrected chi connectivity index (χ0v) is 15.9. The molecule has 144 valence electrons. The van der Waals surface area contributed by atoms with Gasteiger partial charge in [-0.05, 0) is 74.0 Å². The summed E-state index contributed by atoms with van der Waals surface area (Å²) in [6.45, 7) is 4.58. The maximum absolute atomic E-state index is 12.4. The van der Waals surface area contributed by atoms with E-state index in [0.29, 0.717) is 29.4 Å². The normalized spacial score (nSPS) is 10.4. The first kappa shape index (κ1) is 19.2. The van der Waals surface area contributed by atoms with Crippen molar-refractivity contribution in [1.82, 2.24) is 4.98 Å². The Morgan fingerprint density at radius 3 is 2.18 bits per heavy atom. The van der Waals surface area contributed by atoms with Crippen molar-refractivity contribution in [3.05, 3.63) is 71.9 Å². The molecule has 3 aromatic rings. The molecule has 0 saturated heterocycles. The number of hydrogen-bond acceptors (Lipinski definition) is 5. The number of benzene rings is 2. The molecule has 3 rings (SSSR count). The van der Waals surface area contributed by atoms with Gasteiger partial charge in [-0.2, -0.15) is 0 Å². The molecule has 3 N–H and O–H groups in total. The second kappa shape index (κ2) is 8.90. The van der Waals surface area contributed by atoms with Crippen molar-refractivity contribution in [1.29, 1.82) is 0 Å². The van der Waals surface area contributed by atoms with E-state index in [1.165, 1.54) is 0 Å². The molecule has 0 fully saturated rings. The highest BCUT2D eigenvalue weighted by molar-refractivity contribution is 6.07. The van der Waals surface area contributed by atoms with Crippen molar-refractivity contribution in [2.75, 3.05) is 17.7 Å². The first-order valence-corrected chi connectivity index (χ1v) is 9.10. The van der Waals surface area contributed by atoms with Crippen LogP contribution in [0.3, 0.4) is 0 Å². The summed E-state index contributed by atoms with van der Waals surface area (Å²) in [5.41, 5.74) is 7.57. The molecular formula is C22H23N3O3. The fourth-order valence-corrected chi connectivity index (χ4v) is 2.53. The standard InChI is InChI=1S/C22H23N3O3/c1-3-14-27-17-9-11-19(12-10-17)28-18-7-5-16(6-8-18)25-22(26)20-13-4-15(2)24-21(20)23/h4-13H,3,14H2,1-2H3,(H2,23,24)(H,25,26). The number of ether oxygens (including phenoxy) is 2. The lowest BCUT2D eigenvalue weighted by atomic mass is 10.2. The van der Waals surface area contributed by atoms with Crippen molar-refractivity contribution in [2.45, 2.75) is 20.3 Å². The van der Waals surface area contributed by atoms with Crippen LogP contribution in [0.2, 0.25) is 0 Å². The molecule has 0 bridgehead atoms. The average Bonchev–Trinajstić information content (AvgIpc) is 2.69. The van der Waals surface area contributed by atoms with Gasteiger partial charge in [0.25, 0.3) is 5.91 Å². The van der Waals surface area contributed by atoms with Gasteiger partial charge in [-0.3, -0.25) is 4.79 Å². The molecule has 0 spiro atoms. The first-order chi connectivity index (χ1) is 13.5. The number of amides is 1. The van der Waals surface area contributed by atoms with Crippen molar-refractivity contribution in [3.8, 4) is 17.2 Å². The van der Waals surface area contributed by atoms with Crippen molar-refractivity contribution < 1.29 is 14.3 Å². The van der Waals surface area contributed by atoms with Crippen LogP contribution in [0.1, 0.15) is 29.4 Å². The van der Waals surface area contributed by atoms with E-state index in [0.717, 1.165) is 17.9 Å². The van der Waals surface area contributed by atoms with Gasteiger partial charge in [-0.15, -0.1) is 0 Å². The molecule has 1 amide bonds. The van der Waals surface area contributed by atoms with E-state index < -0.39 is 0 Å². The summed E-state index contributed by atoms with van der Waals surface area (Å²) in [7, 11) is 0. The van der Waals surface area contributed by atoms with Crippen LogP contribution in [-0.2, 0) is 0 Å². The quantitative estimate of drug-likeness (QED) is 0.617. The van der Waals surface area contributed by atoms with Gasteiger partial charge in [0.1, 0.15) is 23.1 Å². The lowest BCUT2D eigenvalue weighted by Crippen LogP contribution is -2.15. The van der Waals surface area contributed by atoms with Gasteiger partial charge in [0.2, 0.25) is 0 Å². The third-order valence-corrected chi connectivity index (χ3v) is 3.95. The van der Waals surface area contributed by atoms with Crippen LogP contribution in [-0.4, -0.2) is 17.5 Å². The first-order valence-electron chi connectivity index (χ1n) is 9.10. The van der Waals surface area contributed by atoms with Gasteiger partial charge in [0, 0.05) is 11.4 Å². The largest absolute Gasteiger partial charge is 0.494 e. The number of aromatic nitrogens is 1. The van der Waals surface area contributed by atoms with Crippen LogP contribution in [0.25, 0.3) is 0 Å². The summed E-state index contributed by atoms with van der Waals surface area (Å²) in [4.78, 5) is 16.5. The van der Waals surface area contributed by atoms with Gasteiger partial charge in [0.15, 0.2) is 0 Å². The Morgan fingerprint density at radius 1 is 0.964 bits per heavy atom. The molecule has 1 heterocycles. The Morgan fingerprint density at radius 2 is 1.57 bits per heavy atom. The summed E-state index contributed by atoms with van der Waals surface area (Å²) < 4.78 is 11.4.